The minimum Gasteiger partial charge on any atom is -0.324 e. The number of aromatic nitrogens is 1. The van der Waals surface area contributed by atoms with Gasteiger partial charge in [0.15, 0.2) is 0 Å². The van der Waals surface area contributed by atoms with Gasteiger partial charge in [-0.1, -0.05) is 18.2 Å². The molecule has 2 rings (SSSR count). The van der Waals surface area contributed by atoms with Crippen LogP contribution >= 0.6 is 12.2 Å². The van der Waals surface area contributed by atoms with Crippen LogP contribution in [0.5, 0.6) is 0 Å². The van der Waals surface area contributed by atoms with E-state index in [-0.39, 0.29) is 0 Å². The summed E-state index contributed by atoms with van der Waals surface area (Å²) in [6.07, 6.45) is 4.03. The van der Waals surface area contributed by atoms with Crippen LogP contribution in [0.15, 0.2) is 53.8 Å². The van der Waals surface area contributed by atoms with Gasteiger partial charge in [0.1, 0.15) is 0 Å². The van der Waals surface area contributed by atoms with Crippen molar-refractivity contribution < 1.29 is 0 Å². The second kappa shape index (κ2) is 4.69. The van der Waals surface area contributed by atoms with Gasteiger partial charge in [-0.15, -0.1) is 0 Å². The predicted octanol–water partition coefficient (Wildman–Crippen LogP) is 3.08. The maximum absolute atomic E-state index is 4.57. The quantitative estimate of drug-likeness (QED) is 0.567. The smallest absolute Gasteiger partial charge is 0.0763 e. The van der Waals surface area contributed by atoms with Crippen LogP contribution in [0, 0.1) is 0 Å². The molecule has 0 N–H and O–H groups in total. The normalized spacial score (nSPS) is 9.60. The predicted molar refractivity (Wildman–Crippen MR) is 64.5 cm³/mol. The van der Waals surface area contributed by atoms with Crippen molar-refractivity contribution in [2.24, 2.45) is 4.99 Å². The fourth-order valence-corrected chi connectivity index (χ4v) is 1.57. The van der Waals surface area contributed by atoms with E-state index in [1.54, 1.807) is 0 Å². The lowest BCUT2D eigenvalue weighted by Crippen LogP contribution is -1.95. The van der Waals surface area contributed by atoms with Gasteiger partial charge in [0.05, 0.1) is 11.7 Å². The molecule has 1 heterocycles. The molecule has 0 atom stereocenters. The standard InChI is InChI=1S/C12H10N2S/c15-10-13-9-11-5-1-2-6-12(11)14-7-3-4-8-14/h1-8H,9H2. The largest absolute Gasteiger partial charge is 0.324 e. The van der Waals surface area contributed by atoms with Gasteiger partial charge >= 0.3 is 0 Å². The Kier molecular flexibility index (Phi) is 3.08. The molecule has 15 heavy (non-hydrogen) atoms. The Balaban J connectivity index is 2.42. The zero-order valence-corrected chi connectivity index (χ0v) is 8.95. The lowest BCUT2D eigenvalue weighted by Gasteiger charge is -2.07. The van der Waals surface area contributed by atoms with E-state index in [0.717, 1.165) is 11.3 Å². The van der Waals surface area contributed by atoms with Crippen LogP contribution in [0.3, 0.4) is 0 Å². The Labute approximate surface area is 93.9 Å². The highest BCUT2D eigenvalue weighted by Crippen LogP contribution is 2.15. The number of para-hydroxylation sites is 1. The number of rotatable bonds is 3. The van der Waals surface area contributed by atoms with E-state index < -0.39 is 0 Å². The second-order valence-corrected chi connectivity index (χ2v) is 3.31. The zero-order chi connectivity index (χ0) is 10.5. The molecular weight excluding hydrogens is 204 g/mol. The molecule has 2 aromatic rings. The molecule has 3 heteroatoms. The van der Waals surface area contributed by atoms with E-state index in [1.807, 2.05) is 42.7 Å². The van der Waals surface area contributed by atoms with E-state index in [1.165, 1.54) is 0 Å². The van der Waals surface area contributed by atoms with Crippen molar-refractivity contribution in [3.63, 3.8) is 0 Å². The van der Waals surface area contributed by atoms with Crippen molar-refractivity contribution in [3.8, 4) is 5.69 Å². The van der Waals surface area contributed by atoms with Gasteiger partial charge in [0.25, 0.3) is 0 Å². The van der Waals surface area contributed by atoms with Crippen LogP contribution in [0.4, 0.5) is 0 Å². The first-order chi connectivity index (χ1) is 7.42. The fraction of sp³-hybridized carbons (Fsp3) is 0.0833. The lowest BCUT2D eigenvalue weighted by molar-refractivity contribution is 0.997. The molecular formula is C12H10N2S. The van der Waals surface area contributed by atoms with Gasteiger partial charge in [-0.05, 0) is 36.0 Å². The molecule has 0 amide bonds. The summed E-state index contributed by atoms with van der Waals surface area (Å²) in [6.45, 7) is 0.581. The van der Waals surface area contributed by atoms with Gasteiger partial charge in [-0.3, -0.25) is 0 Å². The Bertz CT molecular complexity index is 482. The summed E-state index contributed by atoms with van der Waals surface area (Å²) >= 11 is 4.57. The molecule has 74 valence electrons. The molecule has 0 aliphatic rings. The highest BCUT2D eigenvalue weighted by atomic mass is 32.1. The average molecular weight is 214 g/mol. The number of nitrogens with zero attached hydrogens (tertiary/aromatic N) is 2. The summed E-state index contributed by atoms with van der Waals surface area (Å²) in [5.41, 5.74) is 2.28. The molecule has 0 fully saturated rings. The van der Waals surface area contributed by atoms with Crippen molar-refractivity contribution in [1.29, 1.82) is 0 Å². The van der Waals surface area contributed by atoms with Crippen LogP contribution in [0.25, 0.3) is 5.69 Å². The SMILES string of the molecule is S=C=NCc1ccccc1-n1cccc1. The maximum Gasteiger partial charge on any atom is 0.0763 e. The number of thiocarbonyl (C=S) groups is 1. The molecule has 0 spiro atoms. The highest BCUT2D eigenvalue weighted by Gasteiger charge is 2.01. The Morgan fingerprint density at radius 2 is 1.87 bits per heavy atom. The zero-order valence-electron chi connectivity index (χ0n) is 8.13. The Hall–Kier alpha value is -1.70. The summed E-state index contributed by atoms with van der Waals surface area (Å²) in [5, 5.41) is 2.39. The fourth-order valence-electron chi connectivity index (χ4n) is 1.51. The van der Waals surface area contributed by atoms with Crippen molar-refractivity contribution in [2.45, 2.75) is 6.54 Å². The molecule has 0 unspecified atom stereocenters. The van der Waals surface area contributed by atoms with Gasteiger partial charge in [-0.2, -0.15) is 0 Å². The number of isothiocyanates is 1. The molecule has 0 bridgehead atoms. The summed E-state index contributed by atoms with van der Waals surface area (Å²) in [6, 6.07) is 12.1. The van der Waals surface area contributed by atoms with Crippen LogP contribution in [0.2, 0.25) is 0 Å². The summed E-state index contributed by atoms with van der Waals surface area (Å²) in [4.78, 5) is 3.96. The van der Waals surface area contributed by atoms with E-state index >= 15 is 0 Å². The van der Waals surface area contributed by atoms with Gasteiger partial charge in [-0.25, -0.2) is 4.99 Å². The first-order valence-electron chi connectivity index (χ1n) is 4.66. The van der Waals surface area contributed by atoms with Gasteiger partial charge < -0.3 is 4.57 Å². The van der Waals surface area contributed by atoms with E-state index in [9.17, 15) is 0 Å². The van der Waals surface area contributed by atoms with E-state index in [0.29, 0.717) is 6.54 Å². The van der Waals surface area contributed by atoms with Crippen molar-refractivity contribution in [1.82, 2.24) is 4.57 Å². The van der Waals surface area contributed by atoms with Crippen LogP contribution in [-0.2, 0) is 6.54 Å². The minimum absolute atomic E-state index is 0.581. The summed E-state index contributed by atoms with van der Waals surface area (Å²) in [7, 11) is 0. The third kappa shape index (κ3) is 2.21. The van der Waals surface area contributed by atoms with Crippen molar-refractivity contribution >= 4 is 17.4 Å². The van der Waals surface area contributed by atoms with Crippen molar-refractivity contribution in [3.05, 3.63) is 54.4 Å². The third-order valence-corrected chi connectivity index (χ3v) is 2.32. The average Bonchev–Trinajstić information content (AvgIpc) is 2.80. The van der Waals surface area contributed by atoms with Crippen molar-refractivity contribution in [2.75, 3.05) is 0 Å². The van der Waals surface area contributed by atoms with E-state index in [2.05, 4.69) is 33.0 Å². The third-order valence-electron chi connectivity index (χ3n) is 2.19. The number of hydrogen-bond acceptors (Lipinski definition) is 2. The number of hydrogen-bond donors (Lipinski definition) is 0. The van der Waals surface area contributed by atoms with Gasteiger partial charge in [0.2, 0.25) is 0 Å². The first kappa shape index (κ1) is 9.84. The molecule has 1 aromatic carbocycles. The summed E-state index contributed by atoms with van der Waals surface area (Å²) in [5.74, 6) is 0. The molecule has 0 saturated heterocycles. The maximum atomic E-state index is 4.57. The molecule has 1 aromatic heterocycles. The topological polar surface area (TPSA) is 17.3 Å². The monoisotopic (exact) mass is 214 g/mol. The minimum atomic E-state index is 0.581. The van der Waals surface area contributed by atoms with Gasteiger partial charge in [0, 0.05) is 18.1 Å². The molecule has 0 saturated carbocycles. The first-order valence-corrected chi connectivity index (χ1v) is 5.07. The lowest BCUT2D eigenvalue weighted by atomic mass is 10.2. The Morgan fingerprint density at radius 1 is 1.13 bits per heavy atom. The van der Waals surface area contributed by atoms with E-state index in [4.69, 9.17) is 0 Å². The Morgan fingerprint density at radius 3 is 2.60 bits per heavy atom. The highest BCUT2D eigenvalue weighted by molar-refractivity contribution is 7.78. The molecule has 0 aliphatic heterocycles. The number of aliphatic imine (C=N–C) groups is 1. The molecule has 0 aliphatic carbocycles. The number of benzene rings is 1. The van der Waals surface area contributed by atoms with Crippen LogP contribution in [0.1, 0.15) is 5.56 Å². The second-order valence-electron chi connectivity index (χ2n) is 3.13. The molecule has 0 radical (unpaired) electrons. The molecule has 2 nitrogen and oxygen atoms in total. The van der Waals surface area contributed by atoms with Crippen LogP contribution < -0.4 is 0 Å². The summed E-state index contributed by atoms with van der Waals surface area (Å²) < 4.78 is 2.06. The van der Waals surface area contributed by atoms with Crippen LogP contribution in [-0.4, -0.2) is 9.73 Å².